The van der Waals surface area contributed by atoms with Gasteiger partial charge >= 0.3 is 0 Å². The van der Waals surface area contributed by atoms with Crippen LogP contribution in [0.2, 0.25) is 0 Å². The zero-order chi connectivity index (χ0) is 19.5. The van der Waals surface area contributed by atoms with E-state index in [4.69, 9.17) is 4.74 Å². The van der Waals surface area contributed by atoms with Crippen molar-refractivity contribution >= 4 is 5.78 Å². The van der Waals surface area contributed by atoms with Crippen LogP contribution in [0.25, 0.3) is 0 Å². The Labute approximate surface area is 158 Å². The highest BCUT2D eigenvalue weighted by atomic mass is 19.1. The van der Waals surface area contributed by atoms with Gasteiger partial charge in [-0.05, 0) is 68.2 Å². The first-order chi connectivity index (χ1) is 12.5. The van der Waals surface area contributed by atoms with E-state index in [2.05, 4.69) is 12.2 Å². The summed E-state index contributed by atoms with van der Waals surface area (Å²) in [5.41, 5.74) is 3.37. The average Bonchev–Trinajstić information content (AvgIpc) is 2.85. The van der Waals surface area contributed by atoms with Gasteiger partial charge in [-0.25, -0.2) is 4.39 Å². The van der Waals surface area contributed by atoms with Crippen LogP contribution in [0.1, 0.15) is 72.6 Å². The summed E-state index contributed by atoms with van der Waals surface area (Å²) < 4.78 is 19.7. The van der Waals surface area contributed by atoms with Crippen LogP contribution in [-0.4, -0.2) is 19.0 Å². The number of ketones is 1. The Bertz CT molecular complexity index is 581. The van der Waals surface area contributed by atoms with E-state index in [9.17, 15) is 9.18 Å². The van der Waals surface area contributed by atoms with Crippen molar-refractivity contribution in [1.82, 2.24) is 0 Å². The molecule has 0 heterocycles. The first-order valence-electron chi connectivity index (χ1n) is 9.91. The maximum absolute atomic E-state index is 14.4. The number of hydrogen-bond acceptors (Lipinski definition) is 2. The van der Waals surface area contributed by atoms with Crippen molar-refractivity contribution < 1.29 is 13.9 Å². The molecule has 0 bridgehead atoms. The second kappa shape index (κ2) is 12.0. The Morgan fingerprint density at radius 3 is 2.62 bits per heavy atom. The number of hydrogen-bond donors (Lipinski definition) is 0. The Morgan fingerprint density at radius 1 is 1.31 bits per heavy atom. The lowest BCUT2D eigenvalue weighted by atomic mass is 9.86. The third kappa shape index (κ3) is 6.68. The topological polar surface area (TPSA) is 26.3 Å². The second-order valence-corrected chi connectivity index (χ2v) is 6.98. The molecule has 0 aromatic carbocycles. The molecule has 2 atom stereocenters. The minimum atomic E-state index is -0.486. The van der Waals surface area contributed by atoms with Gasteiger partial charge in [0.1, 0.15) is 6.10 Å². The summed E-state index contributed by atoms with van der Waals surface area (Å²) in [6, 6.07) is 0. The number of ether oxygens (including phenoxy) is 1. The van der Waals surface area contributed by atoms with Gasteiger partial charge in [0.25, 0.3) is 0 Å². The third-order valence-electron chi connectivity index (χ3n) is 5.29. The first-order valence-corrected chi connectivity index (χ1v) is 9.91. The smallest absolute Gasteiger partial charge is 0.165 e. The van der Waals surface area contributed by atoms with Crippen molar-refractivity contribution in [3.63, 3.8) is 0 Å². The molecule has 1 fully saturated rings. The van der Waals surface area contributed by atoms with Gasteiger partial charge in [0.15, 0.2) is 5.78 Å². The van der Waals surface area contributed by atoms with Crippen LogP contribution in [0, 0.1) is 5.92 Å². The Morgan fingerprint density at radius 2 is 2.04 bits per heavy atom. The monoisotopic (exact) mass is 362 g/mol. The number of rotatable bonds is 8. The zero-order valence-corrected chi connectivity index (χ0v) is 17.1. The highest BCUT2D eigenvalue weighted by molar-refractivity contribution is 5.84. The lowest BCUT2D eigenvalue weighted by Gasteiger charge is -2.19. The number of halogens is 1. The molecule has 0 spiro atoms. The van der Waals surface area contributed by atoms with E-state index in [0.717, 1.165) is 37.7 Å². The molecule has 0 aromatic heterocycles. The van der Waals surface area contributed by atoms with Gasteiger partial charge in [-0.2, -0.15) is 0 Å². The normalized spacial score (nSPS) is 24.0. The molecule has 2 nitrogen and oxygen atoms in total. The fourth-order valence-electron chi connectivity index (χ4n) is 3.45. The molecule has 3 heteroatoms. The highest BCUT2D eigenvalue weighted by Gasteiger charge is 2.22. The minimum absolute atomic E-state index is 0.0432. The SMILES string of the molecule is C/C=C1/C(=C/C=CC(OC)C(=O)CC)CCCCC1CC(F)=C(C)CC. The zero-order valence-electron chi connectivity index (χ0n) is 17.1. The number of allylic oxidation sites excluding steroid dienone is 7. The van der Waals surface area contributed by atoms with E-state index in [-0.39, 0.29) is 17.5 Å². The van der Waals surface area contributed by atoms with Gasteiger partial charge in [0.2, 0.25) is 0 Å². The van der Waals surface area contributed by atoms with Gasteiger partial charge < -0.3 is 4.74 Å². The van der Waals surface area contributed by atoms with Gasteiger partial charge in [-0.3, -0.25) is 4.79 Å². The summed E-state index contributed by atoms with van der Waals surface area (Å²) in [5.74, 6) is 0.357. The van der Waals surface area contributed by atoms with Gasteiger partial charge in [0.05, 0.1) is 5.83 Å². The van der Waals surface area contributed by atoms with E-state index < -0.39 is 6.10 Å². The molecule has 0 N–H and O–H groups in total. The Hall–Kier alpha value is -1.48. The molecule has 1 aliphatic carbocycles. The van der Waals surface area contributed by atoms with Crippen molar-refractivity contribution in [2.24, 2.45) is 5.92 Å². The largest absolute Gasteiger partial charge is 0.370 e. The molecule has 2 unspecified atom stereocenters. The summed E-state index contributed by atoms with van der Waals surface area (Å²) >= 11 is 0. The molecular weight excluding hydrogens is 327 g/mol. The van der Waals surface area contributed by atoms with Crippen molar-refractivity contribution in [2.75, 3.05) is 7.11 Å². The average molecular weight is 363 g/mol. The van der Waals surface area contributed by atoms with Gasteiger partial charge in [-0.1, -0.05) is 38.5 Å². The molecule has 0 aliphatic heterocycles. The van der Waals surface area contributed by atoms with Crippen LogP contribution in [0.5, 0.6) is 0 Å². The van der Waals surface area contributed by atoms with E-state index in [1.54, 1.807) is 7.11 Å². The van der Waals surface area contributed by atoms with Crippen molar-refractivity contribution in [2.45, 2.75) is 78.7 Å². The fourth-order valence-corrected chi connectivity index (χ4v) is 3.45. The summed E-state index contributed by atoms with van der Waals surface area (Å²) in [4.78, 5) is 11.8. The van der Waals surface area contributed by atoms with Gasteiger partial charge in [-0.15, -0.1) is 0 Å². The van der Waals surface area contributed by atoms with Crippen molar-refractivity contribution in [3.8, 4) is 0 Å². The number of methoxy groups -OCH3 is 1. The second-order valence-electron chi connectivity index (χ2n) is 6.98. The van der Waals surface area contributed by atoms with E-state index in [0.29, 0.717) is 12.8 Å². The van der Waals surface area contributed by atoms with Crippen LogP contribution in [0.4, 0.5) is 4.39 Å². The van der Waals surface area contributed by atoms with Crippen LogP contribution >= 0.6 is 0 Å². The molecule has 0 amide bonds. The van der Waals surface area contributed by atoms with E-state index in [1.807, 2.05) is 39.8 Å². The van der Waals surface area contributed by atoms with Crippen LogP contribution < -0.4 is 0 Å². The Balaban J connectivity index is 3.00. The molecule has 0 radical (unpaired) electrons. The molecule has 1 aliphatic rings. The lowest BCUT2D eigenvalue weighted by Crippen LogP contribution is -2.19. The third-order valence-corrected chi connectivity index (χ3v) is 5.29. The number of carbonyl (C=O) groups is 1. The summed E-state index contributed by atoms with van der Waals surface area (Å²) in [6.45, 7) is 7.77. The lowest BCUT2D eigenvalue weighted by molar-refractivity contribution is -0.125. The number of carbonyl (C=O) groups excluding carboxylic acids is 1. The predicted molar refractivity (Wildman–Crippen MR) is 108 cm³/mol. The highest BCUT2D eigenvalue weighted by Crippen LogP contribution is 2.37. The van der Waals surface area contributed by atoms with Crippen LogP contribution in [0.15, 0.2) is 46.9 Å². The summed E-state index contributed by atoms with van der Waals surface area (Å²) in [6.07, 6.45) is 13.5. The van der Waals surface area contributed by atoms with Crippen molar-refractivity contribution in [3.05, 3.63) is 46.9 Å². The molecular formula is C23H35FO2. The Kier molecular flexibility index (Phi) is 10.4. The molecule has 26 heavy (non-hydrogen) atoms. The minimum Gasteiger partial charge on any atom is -0.370 e. The molecule has 1 saturated carbocycles. The maximum Gasteiger partial charge on any atom is 0.165 e. The molecule has 146 valence electrons. The fraction of sp³-hybridized carbons (Fsp3) is 0.609. The van der Waals surface area contributed by atoms with E-state index >= 15 is 0 Å². The molecule has 0 aromatic rings. The molecule has 0 saturated heterocycles. The van der Waals surface area contributed by atoms with Crippen molar-refractivity contribution in [1.29, 1.82) is 0 Å². The molecule has 1 rings (SSSR count). The maximum atomic E-state index is 14.4. The van der Waals surface area contributed by atoms with Crippen LogP contribution in [-0.2, 0) is 9.53 Å². The standard InChI is InChI=1S/C23H35FO2/c1-6-17(4)21(24)16-19-13-10-9-12-18(20(19)7-2)14-11-15-23(26-5)22(25)8-3/h7,11,14-15,19,23H,6,8-10,12-13,16H2,1-5H3/b15-11?,18-14+,20-7-,21-17?. The first kappa shape index (κ1) is 22.6. The summed E-state index contributed by atoms with van der Waals surface area (Å²) in [5, 5.41) is 0. The van der Waals surface area contributed by atoms with Gasteiger partial charge in [0, 0.05) is 20.0 Å². The quantitative estimate of drug-likeness (QED) is 0.452. The summed E-state index contributed by atoms with van der Waals surface area (Å²) in [7, 11) is 1.56. The number of Topliss-reactive ketones (excluding diaryl/α,β-unsaturated/α-hetero) is 1. The van der Waals surface area contributed by atoms with E-state index in [1.165, 1.54) is 11.1 Å². The predicted octanol–water partition coefficient (Wildman–Crippen LogP) is 6.64. The van der Waals surface area contributed by atoms with Crippen LogP contribution in [0.3, 0.4) is 0 Å².